The maximum absolute atomic E-state index is 11.3. The standard InChI is InChI=1S/C19H18ClN3O3/c20-14-9-7-13(8-10-14)17-23-16-6-2-1-5-15(16)21-18(23)19(24,26-25-17)22-11-3-4-12-22/h1-2,5-10,17,24H,3-4,11-12H2. The summed E-state index contributed by atoms with van der Waals surface area (Å²) in [6.07, 6.45) is 1.46. The molecule has 3 aromatic rings. The van der Waals surface area contributed by atoms with Crippen LogP contribution in [0.3, 0.4) is 0 Å². The lowest BCUT2D eigenvalue weighted by atomic mass is 10.2. The molecule has 7 heteroatoms. The second-order valence-corrected chi connectivity index (χ2v) is 7.12. The molecule has 0 radical (unpaired) electrons. The summed E-state index contributed by atoms with van der Waals surface area (Å²) >= 11 is 6.02. The van der Waals surface area contributed by atoms with E-state index in [1.165, 1.54) is 0 Å². The Morgan fingerprint density at radius 2 is 1.81 bits per heavy atom. The Morgan fingerprint density at radius 3 is 2.58 bits per heavy atom. The Morgan fingerprint density at radius 1 is 1.08 bits per heavy atom. The number of imidazole rings is 1. The van der Waals surface area contributed by atoms with E-state index >= 15 is 0 Å². The normalized spacial score (nSPS) is 26.3. The summed E-state index contributed by atoms with van der Waals surface area (Å²) in [6, 6.07) is 15.1. The van der Waals surface area contributed by atoms with Crippen molar-refractivity contribution in [3.8, 4) is 0 Å². The van der Waals surface area contributed by atoms with Gasteiger partial charge in [-0.05, 0) is 37.1 Å². The Bertz CT molecular complexity index is 952. The van der Waals surface area contributed by atoms with E-state index in [0.717, 1.165) is 42.5 Å². The van der Waals surface area contributed by atoms with E-state index in [4.69, 9.17) is 21.4 Å². The Labute approximate surface area is 155 Å². The minimum Gasteiger partial charge on any atom is -0.345 e. The Hall–Kier alpha value is -1.96. The molecule has 2 atom stereocenters. The van der Waals surface area contributed by atoms with Gasteiger partial charge in [0.2, 0.25) is 0 Å². The first-order chi connectivity index (χ1) is 12.7. The van der Waals surface area contributed by atoms with Gasteiger partial charge in [0.05, 0.1) is 11.0 Å². The van der Waals surface area contributed by atoms with Crippen molar-refractivity contribution in [1.29, 1.82) is 0 Å². The number of aliphatic hydroxyl groups is 1. The van der Waals surface area contributed by atoms with Crippen molar-refractivity contribution in [3.63, 3.8) is 0 Å². The first-order valence-corrected chi connectivity index (χ1v) is 9.09. The van der Waals surface area contributed by atoms with Crippen molar-refractivity contribution in [2.75, 3.05) is 13.1 Å². The predicted molar refractivity (Wildman–Crippen MR) is 96.2 cm³/mol. The van der Waals surface area contributed by atoms with Gasteiger partial charge in [0.15, 0.2) is 12.1 Å². The molecule has 0 saturated carbocycles. The number of rotatable bonds is 2. The summed E-state index contributed by atoms with van der Waals surface area (Å²) in [5, 5.41) is 12.0. The van der Waals surface area contributed by atoms with Crippen LogP contribution >= 0.6 is 11.6 Å². The molecule has 0 amide bonds. The van der Waals surface area contributed by atoms with E-state index in [2.05, 4.69) is 4.98 Å². The number of hydrogen-bond donors (Lipinski definition) is 1. The van der Waals surface area contributed by atoms with Gasteiger partial charge >= 0.3 is 5.91 Å². The molecule has 1 aromatic heterocycles. The maximum Gasteiger partial charge on any atom is 0.319 e. The molecule has 5 rings (SSSR count). The highest BCUT2D eigenvalue weighted by Crippen LogP contribution is 2.41. The van der Waals surface area contributed by atoms with Crippen LogP contribution in [-0.4, -0.2) is 32.6 Å². The number of para-hydroxylation sites is 2. The third-order valence-corrected chi connectivity index (χ3v) is 5.32. The van der Waals surface area contributed by atoms with E-state index in [1.54, 1.807) is 12.1 Å². The second-order valence-electron chi connectivity index (χ2n) is 6.68. The van der Waals surface area contributed by atoms with E-state index in [-0.39, 0.29) is 0 Å². The van der Waals surface area contributed by atoms with Crippen LogP contribution in [-0.2, 0) is 15.7 Å². The lowest BCUT2D eigenvalue weighted by molar-refractivity contribution is -0.504. The van der Waals surface area contributed by atoms with Gasteiger partial charge in [-0.25, -0.2) is 14.8 Å². The van der Waals surface area contributed by atoms with Crippen molar-refractivity contribution in [3.05, 3.63) is 64.9 Å². The van der Waals surface area contributed by atoms with Gasteiger partial charge in [-0.15, -0.1) is 0 Å². The van der Waals surface area contributed by atoms with Crippen molar-refractivity contribution in [1.82, 2.24) is 14.5 Å². The molecular formula is C19H18ClN3O3. The van der Waals surface area contributed by atoms with Crippen LogP contribution in [0.15, 0.2) is 48.5 Å². The summed E-state index contributed by atoms with van der Waals surface area (Å²) < 4.78 is 1.90. The molecule has 0 aliphatic carbocycles. The number of hydrogen-bond acceptors (Lipinski definition) is 5. The minimum atomic E-state index is -1.70. The minimum absolute atomic E-state index is 0.437. The van der Waals surface area contributed by atoms with Crippen LogP contribution in [0.25, 0.3) is 11.0 Å². The van der Waals surface area contributed by atoms with E-state index in [9.17, 15) is 5.11 Å². The van der Waals surface area contributed by atoms with Gasteiger partial charge in [0.1, 0.15) is 0 Å². The number of likely N-dealkylation sites (tertiary alicyclic amines) is 1. The fraction of sp³-hybridized carbons (Fsp3) is 0.316. The highest BCUT2D eigenvalue weighted by Gasteiger charge is 2.50. The number of fused-ring (bicyclic) bond motifs is 3. The lowest BCUT2D eigenvalue weighted by Gasteiger charge is -2.40. The third kappa shape index (κ3) is 2.38. The fourth-order valence-electron chi connectivity index (χ4n) is 3.75. The highest BCUT2D eigenvalue weighted by molar-refractivity contribution is 6.30. The molecular weight excluding hydrogens is 354 g/mol. The number of aromatic nitrogens is 2. The lowest BCUT2D eigenvalue weighted by Crippen LogP contribution is -2.52. The SMILES string of the molecule is OC1(N2CCCC2)OOC(c2ccc(Cl)cc2)n2c1nc1ccccc12. The second kappa shape index (κ2) is 6.04. The van der Waals surface area contributed by atoms with E-state index in [1.807, 2.05) is 45.9 Å². The average molecular weight is 372 g/mol. The van der Waals surface area contributed by atoms with Crippen LogP contribution in [0.4, 0.5) is 0 Å². The summed E-state index contributed by atoms with van der Waals surface area (Å²) in [7, 11) is 0. The quantitative estimate of drug-likeness (QED) is 0.700. The zero-order valence-corrected chi connectivity index (χ0v) is 14.8. The van der Waals surface area contributed by atoms with Crippen molar-refractivity contribution in [2.45, 2.75) is 25.0 Å². The number of nitrogens with zero attached hydrogens (tertiary/aromatic N) is 3. The molecule has 0 spiro atoms. The highest BCUT2D eigenvalue weighted by atomic mass is 35.5. The summed E-state index contributed by atoms with van der Waals surface area (Å²) in [6.45, 7) is 1.46. The Balaban J connectivity index is 1.70. The van der Waals surface area contributed by atoms with E-state index < -0.39 is 12.1 Å². The van der Waals surface area contributed by atoms with Gasteiger partial charge in [-0.3, -0.25) is 4.57 Å². The smallest absolute Gasteiger partial charge is 0.319 e. The van der Waals surface area contributed by atoms with Gasteiger partial charge in [0, 0.05) is 23.7 Å². The molecule has 134 valence electrons. The van der Waals surface area contributed by atoms with Crippen LogP contribution in [0, 0.1) is 0 Å². The van der Waals surface area contributed by atoms with Crippen molar-refractivity contribution < 1.29 is 14.9 Å². The maximum atomic E-state index is 11.3. The zero-order chi connectivity index (χ0) is 17.7. The topological polar surface area (TPSA) is 59.8 Å². The molecule has 6 nitrogen and oxygen atoms in total. The summed E-state index contributed by atoms with van der Waals surface area (Å²) in [5.41, 5.74) is 2.53. The number of halogens is 1. The molecule has 0 bridgehead atoms. The van der Waals surface area contributed by atoms with Crippen LogP contribution in [0.2, 0.25) is 5.02 Å². The molecule has 2 aromatic carbocycles. The predicted octanol–water partition coefficient (Wildman–Crippen LogP) is 3.40. The van der Waals surface area contributed by atoms with Crippen LogP contribution in [0.1, 0.15) is 30.5 Å². The Kier molecular flexibility index (Phi) is 3.77. The van der Waals surface area contributed by atoms with Gasteiger partial charge < -0.3 is 5.11 Å². The molecule has 1 saturated heterocycles. The van der Waals surface area contributed by atoms with Gasteiger partial charge in [-0.1, -0.05) is 35.9 Å². The van der Waals surface area contributed by atoms with Gasteiger partial charge in [-0.2, -0.15) is 4.89 Å². The average Bonchev–Trinajstić information content (AvgIpc) is 3.32. The zero-order valence-electron chi connectivity index (χ0n) is 14.0. The molecule has 2 aliphatic heterocycles. The molecule has 2 unspecified atom stereocenters. The van der Waals surface area contributed by atoms with Crippen molar-refractivity contribution in [2.24, 2.45) is 0 Å². The molecule has 3 heterocycles. The monoisotopic (exact) mass is 371 g/mol. The fourth-order valence-corrected chi connectivity index (χ4v) is 3.88. The number of benzene rings is 2. The summed E-state index contributed by atoms with van der Waals surface area (Å²) in [4.78, 5) is 17.8. The molecule has 2 aliphatic rings. The molecule has 1 fully saturated rings. The first kappa shape index (κ1) is 16.2. The first-order valence-electron chi connectivity index (χ1n) is 8.72. The van der Waals surface area contributed by atoms with Crippen LogP contribution in [0.5, 0.6) is 0 Å². The van der Waals surface area contributed by atoms with Crippen molar-refractivity contribution >= 4 is 22.6 Å². The third-order valence-electron chi connectivity index (χ3n) is 5.07. The summed E-state index contributed by atoms with van der Waals surface area (Å²) in [5.74, 6) is -1.26. The van der Waals surface area contributed by atoms with Crippen LogP contribution < -0.4 is 0 Å². The van der Waals surface area contributed by atoms with E-state index in [0.29, 0.717) is 10.8 Å². The van der Waals surface area contributed by atoms with Gasteiger partial charge in [0.25, 0.3) is 0 Å². The molecule has 1 N–H and O–H groups in total. The molecule has 26 heavy (non-hydrogen) atoms. The largest absolute Gasteiger partial charge is 0.345 e.